The molecule has 134 valence electrons. The Labute approximate surface area is 141 Å². The Morgan fingerprint density at radius 1 is 1.17 bits per heavy atom. The lowest BCUT2D eigenvalue weighted by Crippen LogP contribution is -2.50. The molecule has 0 aromatic rings. The van der Waals surface area contributed by atoms with Crippen molar-refractivity contribution >= 4 is 17.8 Å². The minimum atomic E-state index is -1.82. The van der Waals surface area contributed by atoms with Crippen LogP contribution in [0, 0.1) is 17.2 Å². The van der Waals surface area contributed by atoms with Crippen LogP contribution in [0.2, 0.25) is 0 Å². The van der Waals surface area contributed by atoms with E-state index in [1.807, 2.05) is 0 Å². The molecule has 8 heteroatoms. The molecule has 0 atom stereocenters. The minimum absolute atomic E-state index is 0.0213. The smallest absolute Gasteiger partial charge is 0.414 e. The van der Waals surface area contributed by atoms with Crippen molar-refractivity contribution in [3.63, 3.8) is 0 Å². The SMILES string of the molecule is CC1CCN(CC(=O)NC2(C#N)CCCC2)CC1.O=C(O)C(=O)O. The second-order valence-corrected chi connectivity index (χ2v) is 6.52. The lowest BCUT2D eigenvalue weighted by Gasteiger charge is -2.31. The van der Waals surface area contributed by atoms with Crippen LogP contribution in [0.25, 0.3) is 0 Å². The van der Waals surface area contributed by atoms with Crippen LogP contribution in [-0.2, 0) is 14.4 Å². The van der Waals surface area contributed by atoms with E-state index >= 15 is 0 Å². The number of nitriles is 1. The van der Waals surface area contributed by atoms with Gasteiger partial charge in [0.1, 0.15) is 5.54 Å². The van der Waals surface area contributed by atoms with Crippen LogP contribution >= 0.6 is 0 Å². The highest BCUT2D eigenvalue weighted by atomic mass is 16.4. The van der Waals surface area contributed by atoms with Gasteiger partial charge in [0.25, 0.3) is 0 Å². The van der Waals surface area contributed by atoms with Crippen molar-refractivity contribution in [1.29, 1.82) is 5.26 Å². The van der Waals surface area contributed by atoms with Gasteiger partial charge in [-0.1, -0.05) is 6.92 Å². The second kappa shape index (κ2) is 9.23. The van der Waals surface area contributed by atoms with E-state index in [4.69, 9.17) is 19.8 Å². The molecule has 24 heavy (non-hydrogen) atoms. The number of hydrogen-bond donors (Lipinski definition) is 3. The van der Waals surface area contributed by atoms with Gasteiger partial charge >= 0.3 is 11.9 Å². The Morgan fingerprint density at radius 2 is 1.67 bits per heavy atom. The summed E-state index contributed by atoms with van der Waals surface area (Å²) in [7, 11) is 0. The summed E-state index contributed by atoms with van der Waals surface area (Å²) in [6, 6.07) is 2.30. The first-order valence-corrected chi connectivity index (χ1v) is 8.19. The predicted molar refractivity (Wildman–Crippen MR) is 85.1 cm³/mol. The zero-order chi connectivity index (χ0) is 18.2. The molecule has 1 aliphatic carbocycles. The van der Waals surface area contributed by atoms with Crippen LogP contribution in [0.15, 0.2) is 0 Å². The van der Waals surface area contributed by atoms with Crippen molar-refractivity contribution in [3.05, 3.63) is 0 Å². The minimum Gasteiger partial charge on any atom is -0.473 e. The van der Waals surface area contributed by atoms with E-state index in [0.29, 0.717) is 6.54 Å². The lowest BCUT2D eigenvalue weighted by atomic mass is 9.98. The fraction of sp³-hybridized carbons (Fsp3) is 0.750. The number of amides is 1. The predicted octanol–water partition coefficient (Wildman–Crippen LogP) is 0.826. The van der Waals surface area contributed by atoms with Gasteiger partial charge in [0.2, 0.25) is 5.91 Å². The van der Waals surface area contributed by atoms with E-state index in [9.17, 15) is 10.1 Å². The topological polar surface area (TPSA) is 131 Å². The van der Waals surface area contributed by atoms with Crippen molar-refractivity contribution in [2.75, 3.05) is 19.6 Å². The highest BCUT2D eigenvalue weighted by molar-refractivity contribution is 6.27. The first-order valence-electron chi connectivity index (χ1n) is 8.19. The lowest BCUT2D eigenvalue weighted by molar-refractivity contribution is -0.159. The Bertz CT molecular complexity index is 488. The Kier molecular flexibility index (Phi) is 7.65. The monoisotopic (exact) mass is 339 g/mol. The quantitative estimate of drug-likeness (QED) is 0.649. The molecule has 0 unspecified atom stereocenters. The fourth-order valence-corrected chi connectivity index (χ4v) is 2.97. The van der Waals surface area contributed by atoms with Crippen molar-refractivity contribution in [2.24, 2.45) is 5.92 Å². The summed E-state index contributed by atoms with van der Waals surface area (Å²) < 4.78 is 0. The third-order valence-electron chi connectivity index (χ3n) is 4.48. The number of nitrogens with zero attached hydrogens (tertiary/aromatic N) is 2. The number of carboxylic acids is 2. The third kappa shape index (κ3) is 6.54. The Balaban J connectivity index is 0.000000413. The summed E-state index contributed by atoms with van der Waals surface area (Å²) in [5.74, 6) is -2.84. The van der Waals surface area contributed by atoms with Crippen LogP contribution in [0.4, 0.5) is 0 Å². The fourth-order valence-electron chi connectivity index (χ4n) is 2.97. The maximum absolute atomic E-state index is 12.0. The molecule has 0 bridgehead atoms. The second-order valence-electron chi connectivity index (χ2n) is 6.52. The first-order chi connectivity index (χ1) is 11.3. The number of carbonyl (C=O) groups excluding carboxylic acids is 1. The van der Waals surface area contributed by atoms with Crippen LogP contribution in [0.3, 0.4) is 0 Å². The van der Waals surface area contributed by atoms with E-state index < -0.39 is 17.5 Å². The van der Waals surface area contributed by atoms with Crippen LogP contribution in [-0.4, -0.2) is 58.1 Å². The Hall–Kier alpha value is -2.14. The molecule has 0 aromatic carbocycles. The van der Waals surface area contributed by atoms with Gasteiger partial charge in [-0.15, -0.1) is 0 Å². The molecule has 1 saturated carbocycles. The average Bonchev–Trinajstić information content (AvgIpc) is 2.99. The van der Waals surface area contributed by atoms with Crippen molar-refractivity contribution in [3.8, 4) is 6.07 Å². The highest BCUT2D eigenvalue weighted by Gasteiger charge is 2.35. The molecular formula is C16H25N3O5. The maximum atomic E-state index is 12.0. The zero-order valence-electron chi connectivity index (χ0n) is 14.0. The molecule has 0 spiro atoms. The number of nitrogens with one attached hydrogen (secondary N) is 1. The van der Waals surface area contributed by atoms with E-state index in [1.165, 1.54) is 12.8 Å². The number of likely N-dealkylation sites (tertiary alicyclic amines) is 1. The molecule has 1 aliphatic heterocycles. The summed E-state index contributed by atoms with van der Waals surface area (Å²) in [5.41, 5.74) is -0.569. The molecule has 2 rings (SSSR count). The van der Waals surface area contributed by atoms with Gasteiger partial charge in [0.15, 0.2) is 0 Å². The molecule has 2 fully saturated rings. The summed E-state index contributed by atoms with van der Waals surface area (Å²) >= 11 is 0. The Morgan fingerprint density at radius 3 is 2.08 bits per heavy atom. The van der Waals surface area contributed by atoms with Crippen molar-refractivity contribution < 1.29 is 24.6 Å². The van der Waals surface area contributed by atoms with Crippen LogP contribution < -0.4 is 5.32 Å². The molecule has 1 saturated heterocycles. The summed E-state index contributed by atoms with van der Waals surface area (Å²) in [4.78, 5) is 32.4. The molecule has 2 aliphatic rings. The van der Waals surface area contributed by atoms with Gasteiger partial charge in [-0.25, -0.2) is 9.59 Å². The first kappa shape index (κ1) is 19.9. The maximum Gasteiger partial charge on any atom is 0.414 e. The van der Waals surface area contributed by atoms with Gasteiger partial charge in [0, 0.05) is 0 Å². The molecule has 1 amide bonds. The van der Waals surface area contributed by atoms with E-state index in [2.05, 4.69) is 23.2 Å². The van der Waals surface area contributed by atoms with E-state index in [0.717, 1.165) is 44.7 Å². The van der Waals surface area contributed by atoms with Crippen molar-refractivity contribution in [2.45, 2.75) is 51.0 Å². The molecule has 1 heterocycles. The molecule has 0 aromatic heterocycles. The van der Waals surface area contributed by atoms with Gasteiger partial charge in [-0.3, -0.25) is 9.69 Å². The highest BCUT2D eigenvalue weighted by Crippen LogP contribution is 2.28. The van der Waals surface area contributed by atoms with Crippen LogP contribution in [0.1, 0.15) is 45.4 Å². The van der Waals surface area contributed by atoms with Gasteiger partial charge < -0.3 is 15.5 Å². The van der Waals surface area contributed by atoms with Crippen LogP contribution in [0.5, 0.6) is 0 Å². The summed E-state index contributed by atoms with van der Waals surface area (Å²) in [6.45, 7) is 4.74. The standard InChI is InChI=1S/C14H23N3O.C2H2O4/c1-12-4-8-17(9-5-12)10-13(18)16-14(11-15)6-2-3-7-14;3-1(4)2(5)6/h12H,2-10H2,1H3,(H,16,18);(H,3,4)(H,5,6). The zero-order valence-corrected chi connectivity index (χ0v) is 14.0. The average molecular weight is 339 g/mol. The molecular weight excluding hydrogens is 314 g/mol. The van der Waals surface area contributed by atoms with Crippen molar-refractivity contribution in [1.82, 2.24) is 10.2 Å². The number of piperidine rings is 1. The van der Waals surface area contributed by atoms with Gasteiger partial charge in [-0.2, -0.15) is 5.26 Å². The molecule has 8 nitrogen and oxygen atoms in total. The van der Waals surface area contributed by atoms with E-state index in [-0.39, 0.29) is 5.91 Å². The van der Waals surface area contributed by atoms with Gasteiger partial charge in [-0.05, 0) is 57.5 Å². The number of carboxylic acid groups (broad SMARTS) is 2. The number of aliphatic carboxylic acids is 2. The molecule has 3 N–H and O–H groups in total. The van der Waals surface area contributed by atoms with E-state index in [1.54, 1.807) is 0 Å². The molecule has 0 radical (unpaired) electrons. The largest absolute Gasteiger partial charge is 0.473 e. The number of carbonyl (C=O) groups is 3. The number of rotatable bonds is 3. The third-order valence-corrected chi connectivity index (χ3v) is 4.48. The normalized spacial score (nSPS) is 20.3. The number of hydrogen-bond acceptors (Lipinski definition) is 5. The van der Waals surface area contributed by atoms with Gasteiger partial charge in [0.05, 0.1) is 12.6 Å². The summed E-state index contributed by atoms with van der Waals surface area (Å²) in [5, 5.41) is 27.0. The summed E-state index contributed by atoms with van der Waals surface area (Å²) in [6.07, 6.45) is 6.08.